The van der Waals surface area contributed by atoms with Gasteiger partial charge in [-0.15, -0.1) is 0 Å². The Bertz CT molecular complexity index is 558. The molecule has 0 unspecified atom stereocenters. The molecule has 1 aromatic heterocycles. The van der Waals surface area contributed by atoms with E-state index in [1.54, 1.807) is 4.90 Å². The average molecular weight is 293 g/mol. The number of carbonyl (C=O) groups is 1. The number of aromatic amines is 1. The summed E-state index contributed by atoms with van der Waals surface area (Å²) in [5.41, 5.74) is 0.236. The van der Waals surface area contributed by atoms with Gasteiger partial charge in [0.05, 0.1) is 4.92 Å². The quantitative estimate of drug-likeness (QED) is 0.623. The second-order valence-electron chi connectivity index (χ2n) is 5.80. The molecule has 0 saturated carbocycles. The summed E-state index contributed by atoms with van der Waals surface area (Å²) in [6.45, 7) is 5.07. The Labute approximate surface area is 122 Å². The van der Waals surface area contributed by atoms with E-state index in [1.807, 2.05) is 6.92 Å². The highest BCUT2D eigenvalue weighted by atomic mass is 16.6. The van der Waals surface area contributed by atoms with Crippen LogP contribution in [0.3, 0.4) is 0 Å². The number of nitro groups is 1. The molecule has 2 aliphatic rings. The highest BCUT2D eigenvalue weighted by Gasteiger charge is 2.41. The molecule has 0 bridgehead atoms. The summed E-state index contributed by atoms with van der Waals surface area (Å²) in [4.78, 5) is 25.0. The van der Waals surface area contributed by atoms with Crippen molar-refractivity contribution in [3.63, 3.8) is 0 Å². The Hall–Kier alpha value is -1.96. The van der Waals surface area contributed by atoms with Crippen LogP contribution in [0, 0.1) is 22.0 Å². The maximum absolute atomic E-state index is 12.5. The number of likely N-dealkylation sites (tertiary alicyclic amines) is 1. The first kappa shape index (κ1) is 14.0. The van der Waals surface area contributed by atoms with Crippen LogP contribution >= 0.6 is 0 Å². The van der Waals surface area contributed by atoms with Crippen LogP contribution in [0.2, 0.25) is 0 Å². The van der Waals surface area contributed by atoms with E-state index in [0.717, 1.165) is 19.5 Å². The summed E-state index contributed by atoms with van der Waals surface area (Å²) in [5.74, 6) is 0.596. The summed E-state index contributed by atoms with van der Waals surface area (Å²) in [5, 5.41) is 21.1. The Morgan fingerprint density at radius 1 is 1.43 bits per heavy atom. The average Bonchev–Trinajstić information content (AvgIpc) is 3.11. The summed E-state index contributed by atoms with van der Waals surface area (Å²) in [6.07, 6.45) is 1.28. The molecule has 8 heteroatoms. The number of H-pyrrole nitrogens is 1. The van der Waals surface area contributed by atoms with Gasteiger partial charge in [0.25, 0.3) is 5.91 Å². The Morgan fingerprint density at radius 2 is 2.10 bits per heavy atom. The lowest BCUT2D eigenvalue weighted by Gasteiger charge is -2.15. The second-order valence-corrected chi connectivity index (χ2v) is 5.80. The normalized spacial score (nSPS) is 24.3. The van der Waals surface area contributed by atoms with E-state index in [1.165, 1.54) is 0 Å². The van der Waals surface area contributed by atoms with Gasteiger partial charge < -0.3 is 10.2 Å². The standard InChI is InChI=1S/C13H19N5O3/c1-2-3-10-12(18(20)21)11(16-15-10)13(19)17-6-8-4-14-5-9(8)7-17/h8-9,14H,2-7H2,1H3,(H,15,16)/t8-,9+. The number of nitrogens with zero attached hydrogens (tertiary/aromatic N) is 3. The molecule has 2 atom stereocenters. The molecule has 0 spiro atoms. The lowest BCUT2D eigenvalue weighted by atomic mass is 10.0. The third-order valence-electron chi connectivity index (χ3n) is 4.37. The molecule has 8 nitrogen and oxygen atoms in total. The monoisotopic (exact) mass is 293 g/mol. The third-order valence-corrected chi connectivity index (χ3v) is 4.37. The highest BCUT2D eigenvalue weighted by molar-refractivity contribution is 5.96. The van der Waals surface area contributed by atoms with E-state index >= 15 is 0 Å². The molecule has 3 rings (SSSR count). The van der Waals surface area contributed by atoms with Crippen molar-refractivity contribution < 1.29 is 9.72 Å². The van der Waals surface area contributed by atoms with E-state index < -0.39 is 4.92 Å². The van der Waals surface area contributed by atoms with Crippen molar-refractivity contribution in [3.8, 4) is 0 Å². The zero-order valence-electron chi connectivity index (χ0n) is 12.0. The molecule has 3 heterocycles. The lowest BCUT2D eigenvalue weighted by molar-refractivity contribution is -0.385. The van der Waals surface area contributed by atoms with Crippen LogP contribution < -0.4 is 5.32 Å². The number of rotatable bonds is 4. The van der Waals surface area contributed by atoms with Gasteiger partial charge in [-0.05, 0) is 18.3 Å². The van der Waals surface area contributed by atoms with Gasteiger partial charge in [0.2, 0.25) is 5.69 Å². The first-order valence-electron chi connectivity index (χ1n) is 7.33. The van der Waals surface area contributed by atoms with Crippen LogP contribution in [0.1, 0.15) is 29.5 Å². The summed E-state index contributed by atoms with van der Waals surface area (Å²) in [6, 6.07) is 0. The van der Waals surface area contributed by atoms with Gasteiger partial charge in [-0.1, -0.05) is 13.3 Å². The zero-order chi connectivity index (χ0) is 15.0. The van der Waals surface area contributed by atoms with Crippen LogP contribution in [0.15, 0.2) is 0 Å². The minimum Gasteiger partial charge on any atom is -0.336 e. The van der Waals surface area contributed by atoms with Crippen molar-refractivity contribution >= 4 is 11.6 Å². The largest absolute Gasteiger partial charge is 0.336 e. The smallest absolute Gasteiger partial charge is 0.322 e. The fraction of sp³-hybridized carbons (Fsp3) is 0.692. The molecule has 0 radical (unpaired) electrons. The molecule has 114 valence electrons. The van der Waals surface area contributed by atoms with Crippen molar-refractivity contribution in [1.29, 1.82) is 0 Å². The number of aryl methyl sites for hydroxylation is 1. The minimum absolute atomic E-state index is 0.0450. The number of aromatic nitrogens is 2. The molecule has 2 N–H and O–H groups in total. The number of hydrogen-bond acceptors (Lipinski definition) is 5. The maximum Gasteiger partial charge on any atom is 0.322 e. The third kappa shape index (κ3) is 2.39. The predicted molar refractivity (Wildman–Crippen MR) is 75.0 cm³/mol. The molecule has 2 saturated heterocycles. The molecule has 0 aliphatic carbocycles. The Morgan fingerprint density at radius 3 is 2.67 bits per heavy atom. The number of carbonyl (C=O) groups excluding carboxylic acids is 1. The summed E-state index contributed by atoms with van der Waals surface area (Å²) >= 11 is 0. The predicted octanol–water partition coefficient (Wildman–Crippen LogP) is 0.562. The highest BCUT2D eigenvalue weighted by Crippen LogP contribution is 2.30. The molecular formula is C13H19N5O3. The first-order valence-corrected chi connectivity index (χ1v) is 7.33. The molecule has 0 aromatic carbocycles. The van der Waals surface area contributed by atoms with Crippen molar-refractivity contribution in [2.24, 2.45) is 11.8 Å². The second kappa shape index (κ2) is 5.44. The summed E-state index contributed by atoms with van der Waals surface area (Å²) in [7, 11) is 0. The SMILES string of the molecule is CCCc1[nH]nc(C(=O)N2C[C@H]3CNC[C@H]3C2)c1[N+](=O)[O-]. The number of hydrogen-bond donors (Lipinski definition) is 2. The van der Waals surface area contributed by atoms with Gasteiger partial charge in [-0.25, -0.2) is 0 Å². The first-order chi connectivity index (χ1) is 10.1. The van der Waals surface area contributed by atoms with E-state index in [-0.39, 0.29) is 17.3 Å². The van der Waals surface area contributed by atoms with Crippen LogP contribution in [-0.4, -0.2) is 52.1 Å². The number of amides is 1. The van der Waals surface area contributed by atoms with Gasteiger partial charge >= 0.3 is 5.69 Å². The van der Waals surface area contributed by atoms with Gasteiger partial charge in [-0.2, -0.15) is 5.10 Å². The molecule has 2 aliphatic heterocycles. The molecule has 1 amide bonds. The fourth-order valence-corrected chi connectivity index (χ4v) is 3.31. The topological polar surface area (TPSA) is 104 Å². The Balaban J connectivity index is 1.83. The van der Waals surface area contributed by atoms with Gasteiger partial charge in [0, 0.05) is 26.2 Å². The summed E-state index contributed by atoms with van der Waals surface area (Å²) < 4.78 is 0. The van der Waals surface area contributed by atoms with Crippen LogP contribution in [0.25, 0.3) is 0 Å². The lowest BCUT2D eigenvalue weighted by Crippen LogP contribution is -2.32. The van der Waals surface area contributed by atoms with E-state index in [9.17, 15) is 14.9 Å². The van der Waals surface area contributed by atoms with Gasteiger partial charge in [0.1, 0.15) is 5.69 Å². The minimum atomic E-state index is -0.500. The van der Waals surface area contributed by atoms with E-state index in [0.29, 0.717) is 37.0 Å². The zero-order valence-corrected chi connectivity index (χ0v) is 12.0. The van der Waals surface area contributed by atoms with Crippen LogP contribution in [0.4, 0.5) is 5.69 Å². The van der Waals surface area contributed by atoms with Crippen LogP contribution in [-0.2, 0) is 6.42 Å². The molecular weight excluding hydrogens is 274 g/mol. The van der Waals surface area contributed by atoms with Crippen molar-refractivity contribution in [2.45, 2.75) is 19.8 Å². The fourth-order valence-electron chi connectivity index (χ4n) is 3.31. The molecule has 1 aromatic rings. The van der Waals surface area contributed by atoms with Crippen molar-refractivity contribution in [2.75, 3.05) is 26.2 Å². The molecule has 2 fully saturated rings. The Kier molecular flexibility index (Phi) is 3.62. The van der Waals surface area contributed by atoms with Gasteiger partial charge in [0.15, 0.2) is 0 Å². The molecule has 21 heavy (non-hydrogen) atoms. The van der Waals surface area contributed by atoms with Crippen LogP contribution in [0.5, 0.6) is 0 Å². The van der Waals surface area contributed by atoms with E-state index in [4.69, 9.17) is 0 Å². The maximum atomic E-state index is 12.5. The van der Waals surface area contributed by atoms with Crippen molar-refractivity contribution in [3.05, 3.63) is 21.5 Å². The van der Waals surface area contributed by atoms with Crippen molar-refractivity contribution in [1.82, 2.24) is 20.4 Å². The van der Waals surface area contributed by atoms with E-state index in [2.05, 4.69) is 15.5 Å². The number of fused-ring (bicyclic) bond motifs is 1. The van der Waals surface area contributed by atoms with Gasteiger partial charge in [-0.3, -0.25) is 20.0 Å². The number of nitrogens with one attached hydrogen (secondary N) is 2.